The van der Waals surface area contributed by atoms with Crippen LogP contribution in [-0.4, -0.2) is 27.7 Å². The Morgan fingerprint density at radius 2 is 1.96 bits per heavy atom. The molecule has 0 spiro atoms. The Morgan fingerprint density at radius 3 is 2.46 bits per heavy atom. The zero-order valence-corrected chi connectivity index (χ0v) is 16.7. The van der Waals surface area contributed by atoms with E-state index in [2.05, 4.69) is 20.7 Å². The molecule has 1 aromatic rings. The zero-order chi connectivity index (χ0) is 18.7. The third-order valence-corrected chi connectivity index (χ3v) is 5.56. The maximum Gasteiger partial charge on any atom is 0.343 e. The lowest BCUT2D eigenvalue weighted by molar-refractivity contribution is -0.152. The summed E-state index contributed by atoms with van der Waals surface area (Å²) in [5.41, 5.74) is -1.98. The Morgan fingerprint density at radius 1 is 1.38 bits per heavy atom. The van der Waals surface area contributed by atoms with Crippen molar-refractivity contribution < 1.29 is 22.5 Å². The molecule has 0 radical (unpaired) electrons. The molecule has 8 heteroatoms. The van der Waals surface area contributed by atoms with Gasteiger partial charge in [0.05, 0.1) is 27.9 Å². The maximum atomic E-state index is 14.9. The van der Waals surface area contributed by atoms with Crippen LogP contribution < -0.4 is 4.72 Å². The molecule has 0 aliphatic rings. The second kappa shape index (κ2) is 8.01. The van der Waals surface area contributed by atoms with Crippen molar-refractivity contribution in [2.75, 3.05) is 6.61 Å². The van der Waals surface area contributed by atoms with Gasteiger partial charge in [-0.3, -0.25) is 0 Å². The average molecular weight is 426 g/mol. The molecule has 3 atom stereocenters. The number of hydrogen-bond acceptors (Lipinski definition) is 3. The normalized spacial score (nSPS) is 17.0. The SMILES string of the molecule is CCOC(=O)[C@@H](F)[C@](C)(NS(=O)C(C)(C)C)c1cc(Br)ccc1F. The number of carbonyl (C=O) groups is 1. The van der Waals surface area contributed by atoms with Gasteiger partial charge in [-0.25, -0.2) is 22.5 Å². The zero-order valence-electron chi connectivity index (χ0n) is 14.3. The van der Waals surface area contributed by atoms with Crippen LogP contribution in [-0.2, 0) is 26.1 Å². The number of carbonyl (C=O) groups excluding carboxylic acids is 1. The van der Waals surface area contributed by atoms with Crippen molar-refractivity contribution in [3.05, 3.63) is 34.1 Å². The first-order valence-corrected chi connectivity index (χ1v) is 9.33. The molecular weight excluding hydrogens is 404 g/mol. The van der Waals surface area contributed by atoms with Crippen LogP contribution in [0.3, 0.4) is 0 Å². The first kappa shape index (κ1) is 21.2. The number of halogens is 3. The molecule has 24 heavy (non-hydrogen) atoms. The van der Waals surface area contributed by atoms with Gasteiger partial charge < -0.3 is 4.74 Å². The fourth-order valence-electron chi connectivity index (χ4n) is 1.94. The second-order valence-corrected chi connectivity index (χ2v) is 9.31. The Kier molecular flexibility index (Phi) is 7.07. The van der Waals surface area contributed by atoms with Crippen molar-refractivity contribution in [1.29, 1.82) is 0 Å². The van der Waals surface area contributed by atoms with Gasteiger partial charge in [-0.1, -0.05) is 15.9 Å². The highest BCUT2D eigenvalue weighted by Gasteiger charge is 2.46. The quantitative estimate of drug-likeness (QED) is 0.705. The molecule has 0 heterocycles. The predicted octanol–water partition coefficient (Wildman–Crippen LogP) is 3.76. The number of esters is 1. The van der Waals surface area contributed by atoms with Gasteiger partial charge in [-0.15, -0.1) is 0 Å². The number of nitrogens with one attached hydrogen (secondary N) is 1. The molecule has 0 aliphatic carbocycles. The minimum Gasteiger partial charge on any atom is -0.464 e. The molecule has 0 saturated heterocycles. The summed E-state index contributed by atoms with van der Waals surface area (Å²) in [6, 6.07) is 3.96. The van der Waals surface area contributed by atoms with Crippen LogP contribution in [0.1, 0.15) is 40.2 Å². The van der Waals surface area contributed by atoms with Crippen LogP contribution in [0.2, 0.25) is 0 Å². The molecule has 0 fully saturated rings. The van der Waals surface area contributed by atoms with E-state index in [1.54, 1.807) is 27.7 Å². The monoisotopic (exact) mass is 425 g/mol. The van der Waals surface area contributed by atoms with Gasteiger partial charge in [0, 0.05) is 10.0 Å². The average Bonchev–Trinajstić information content (AvgIpc) is 2.47. The number of ether oxygens (including phenoxy) is 1. The summed E-state index contributed by atoms with van der Waals surface area (Å²) >= 11 is 3.20. The molecule has 1 unspecified atom stereocenters. The van der Waals surface area contributed by atoms with Crippen LogP contribution in [0.4, 0.5) is 8.78 Å². The Labute approximate surface area is 152 Å². The van der Waals surface area contributed by atoms with E-state index < -0.39 is 39.2 Å². The van der Waals surface area contributed by atoms with Crippen LogP contribution in [0.25, 0.3) is 0 Å². The van der Waals surface area contributed by atoms with E-state index in [9.17, 15) is 17.8 Å². The third-order valence-electron chi connectivity index (χ3n) is 3.35. The van der Waals surface area contributed by atoms with Gasteiger partial charge >= 0.3 is 5.97 Å². The van der Waals surface area contributed by atoms with Gasteiger partial charge in [0.25, 0.3) is 0 Å². The number of alkyl halides is 1. The Bertz CT molecular complexity index is 636. The molecule has 0 saturated carbocycles. The summed E-state index contributed by atoms with van der Waals surface area (Å²) in [6.45, 7) is 7.88. The topological polar surface area (TPSA) is 55.4 Å². The second-order valence-electron chi connectivity index (χ2n) is 6.42. The van der Waals surface area contributed by atoms with Crippen molar-refractivity contribution in [2.45, 2.75) is 51.1 Å². The highest BCUT2D eigenvalue weighted by Crippen LogP contribution is 2.33. The van der Waals surface area contributed by atoms with Gasteiger partial charge in [0.15, 0.2) is 0 Å². The molecule has 1 N–H and O–H groups in total. The van der Waals surface area contributed by atoms with Gasteiger partial charge in [-0.05, 0) is 52.8 Å². The van der Waals surface area contributed by atoms with Crippen molar-refractivity contribution in [2.24, 2.45) is 0 Å². The first-order valence-electron chi connectivity index (χ1n) is 7.39. The first-order chi connectivity index (χ1) is 10.9. The van der Waals surface area contributed by atoms with Crippen molar-refractivity contribution in [3.63, 3.8) is 0 Å². The lowest BCUT2D eigenvalue weighted by Crippen LogP contribution is -2.54. The minimum atomic E-state index is -2.24. The number of benzene rings is 1. The highest BCUT2D eigenvalue weighted by atomic mass is 79.9. The Balaban J connectivity index is 3.42. The smallest absolute Gasteiger partial charge is 0.343 e. The van der Waals surface area contributed by atoms with Crippen LogP contribution in [0.15, 0.2) is 22.7 Å². The standard InChI is InChI=1S/C16H22BrF2NO3S/c1-6-23-14(21)13(19)16(5,20-24(22)15(2,3)4)11-9-10(17)7-8-12(11)18/h7-9,13,20H,6H2,1-5H3/t13-,16-,24?/m1/s1. The van der Waals surface area contributed by atoms with E-state index in [1.807, 2.05) is 0 Å². The van der Waals surface area contributed by atoms with Crippen LogP contribution in [0.5, 0.6) is 0 Å². The molecule has 0 amide bonds. The lowest BCUT2D eigenvalue weighted by Gasteiger charge is -2.35. The fraction of sp³-hybridized carbons (Fsp3) is 0.562. The summed E-state index contributed by atoms with van der Waals surface area (Å²) in [5, 5.41) is 0. The molecule has 136 valence electrons. The lowest BCUT2D eigenvalue weighted by atomic mass is 9.87. The Hall–Kier alpha value is -0.860. The molecule has 0 bridgehead atoms. The van der Waals surface area contributed by atoms with E-state index in [0.717, 1.165) is 6.07 Å². The van der Waals surface area contributed by atoms with E-state index in [0.29, 0.717) is 4.47 Å². The van der Waals surface area contributed by atoms with E-state index in [4.69, 9.17) is 4.74 Å². The van der Waals surface area contributed by atoms with Crippen molar-refractivity contribution >= 4 is 32.9 Å². The molecule has 0 aliphatic heterocycles. The molecular formula is C16H22BrF2NO3S. The summed E-state index contributed by atoms with van der Waals surface area (Å²) in [4.78, 5) is 11.9. The molecule has 1 rings (SSSR count). The summed E-state index contributed by atoms with van der Waals surface area (Å²) in [7, 11) is -1.74. The number of hydrogen-bond donors (Lipinski definition) is 1. The van der Waals surface area contributed by atoms with E-state index >= 15 is 0 Å². The fourth-order valence-corrected chi connectivity index (χ4v) is 3.20. The third kappa shape index (κ3) is 4.83. The summed E-state index contributed by atoms with van der Waals surface area (Å²) in [6.07, 6.45) is -2.24. The van der Waals surface area contributed by atoms with E-state index in [-0.39, 0.29) is 12.2 Å². The minimum absolute atomic E-state index is 0.0152. The predicted molar refractivity (Wildman–Crippen MR) is 94.0 cm³/mol. The van der Waals surface area contributed by atoms with Crippen molar-refractivity contribution in [3.8, 4) is 0 Å². The molecule has 0 aromatic heterocycles. The molecule has 1 aromatic carbocycles. The summed E-state index contributed by atoms with van der Waals surface area (Å²) < 4.78 is 48.8. The number of rotatable bonds is 6. The van der Waals surface area contributed by atoms with Crippen LogP contribution >= 0.6 is 15.9 Å². The molecule has 4 nitrogen and oxygen atoms in total. The van der Waals surface area contributed by atoms with Crippen molar-refractivity contribution in [1.82, 2.24) is 4.72 Å². The maximum absolute atomic E-state index is 14.9. The van der Waals surface area contributed by atoms with Gasteiger partial charge in [0.2, 0.25) is 6.17 Å². The van der Waals surface area contributed by atoms with E-state index in [1.165, 1.54) is 19.1 Å². The largest absolute Gasteiger partial charge is 0.464 e. The van der Waals surface area contributed by atoms with Crippen LogP contribution in [0, 0.1) is 5.82 Å². The summed E-state index contributed by atoms with van der Waals surface area (Å²) in [5.74, 6) is -1.86. The van der Waals surface area contributed by atoms with Gasteiger partial charge in [-0.2, -0.15) is 0 Å². The highest BCUT2D eigenvalue weighted by molar-refractivity contribution is 9.10. The van der Waals surface area contributed by atoms with Gasteiger partial charge in [0.1, 0.15) is 5.82 Å².